The van der Waals surface area contributed by atoms with E-state index < -0.39 is 17.9 Å². The molecule has 1 amide bonds. The van der Waals surface area contributed by atoms with Crippen molar-refractivity contribution >= 4 is 70.2 Å². The SMILES string of the molecule is CCOC(=O)C1=C(C)NC(=S)N[C@@H]1c1ccccc1OCC(=O)NN=Cc1cc(Cl)cc(Cl)c1OCc1cccc(Cl)c1. The molecule has 0 radical (unpaired) electrons. The number of rotatable bonds is 11. The summed E-state index contributed by atoms with van der Waals surface area (Å²) in [5.41, 5.74) is 5.23. The van der Waals surface area contributed by atoms with Crippen molar-refractivity contribution in [2.75, 3.05) is 13.2 Å². The standard InChI is InChI=1S/C30H27Cl3N4O5S/c1-3-40-29(39)26-17(2)35-30(43)36-27(26)22-9-4-5-10-24(22)41-16-25(38)37-34-14-19-12-21(32)13-23(33)28(19)42-15-18-7-6-8-20(31)11-18/h4-14,27H,3,15-16H2,1-2H3,(H,37,38)(H2,35,36,43)/t27-/m1/s1. The Morgan fingerprint density at radius 1 is 1.05 bits per heavy atom. The quantitative estimate of drug-likeness (QED) is 0.0978. The van der Waals surface area contributed by atoms with Crippen LogP contribution in [0.3, 0.4) is 0 Å². The minimum atomic E-state index is -0.650. The second kappa shape index (κ2) is 15.1. The summed E-state index contributed by atoms with van der Waals surface area (Å²) >= 11 is 23.9. The molecule has 3 aromatic carbocycles. The first kappa shape index (κ1) is 32.1. The number of benzene rings is 3. The van der Waals surface area contributed by atoms with E-state index in [1.54, 1.807) is 62.4 Å². The highest BCUT2D eigenvalue weighted by atomic mass is 35.5. The Labute approximate surface area is 269 Å². The molecule has 4 rings (SSSR count). The van der Waals surface area contributed by atoms with Crippen LogP contribution in [0, 0.1) is 0 Å². The monoisotopic (exact) mass is 660 g/mol. The number of allylic oxidation sites excluding steroid dienone is 1. The van der Waals surface area contributed by atoms with Gasteiger partial charge in [0.15, 0.2) is 11.7 Å². The largest absolute Gasteiger partial charge is 0.487 e. The molecule has 224 valence electrons. The van der Waals surface area contributed by atoms with Crippen molar-refractivity contribution in [3.05, 3.63) is 104 Å². The van der Waals surface area contributed by atoms with Gasteiger partial charge in [-0.2, -0.15) is 5.10 Å². The molecule has 43 heavy (non-hydrogen) atoms. The fourth-order valence-corrected chi connectivity index (χ4v) is 5.26. The number of para-hydroxylation sites is 1. The maximum Gasteiger partial charge on any atom is 0.338 e. The van der Waals surface area contributed by atoms with Gasteiger partial charge in [-0.1, -0.05) is 65.1 Å². The smallest absolute Gasteiger partial charge is 0.338 e. The van der Waals surface area contributed by atoms with Crippen LogP contribution < -0.4 is 25.5 Å². The molecule has 1 aliphatic rings. The minimum Gasteiger partial charge on any atom is -0.487 e. The summed E-state index contributed by atoms with van der Waals surface area (Å²) in [6.07, 6.45) is 1.37. The second-order valence-corrected chi connectivity index (χ2v) is 10.8. The van der Waals surface area contributed by atoms with Crippen molar-refractivity contribution < 1.29 is 23.8 Å². The molecule has 9 nitrogen and oxygen atoms in total. The molecule has 0 aliphatic carbocycles. The number of carbonyl (C=O) groups is 2. The number of carbonyl (C=O) groups excluding carboxylic acids is 2. The summed E-state index contributed by atoms with van der Waals surface area (Å²) < 4.78 is 17.0. The molecule has 1 aliphatic heterocycles. The predicted molar refractivity (Wildman–Crippen MR) is 171 cm³/mol. The fourth-order valence-electron chi connectivity index (χ4n) is 4.22. The highest BCUT2D eigenvalue weighted by Crippen LogP contribution is 2.34. The van der Waals surface area contributed by atoms with Gasteiger partial charge >= 0.3 is 5.97 Å². The zero-order chi connectivity index (χ0) is 30.9. The van der Waals surface area contributed by atoms with Crippen LogP contribution >= 0.6 is 47.0 Å². The Bertz CT molecular complexity index is 1600. The van der Waals surface area contributed by atoms with E-state index in [4.69, 9.17) is 61.2 Å². The Kier molecular flexibility index (Phi) is 11.2. The van der Waals surface area contributed by atoms with Gasteiger partial charge in [0, 0.05) is 26.9 Å². The zero-order valence-corrected chi connectivity index (χ0v) is 26.2. The van der Waals surface area contributed by atoms with Crippen molar-refractivity contribution in [1.82, 2.24) is 16.1 Å². The highest BCUT2D eigenvalue weighted by molar-refractivity contribution is 7.80. The van der Waals surface area contributed by atoms with Crippen LogP contribution in [-0.2, 0) is 20.9 Å². The van der Waals surface area contributed by atoms with Crippen molar-refractivity contribution in [3.63, 3.8) is 0 Å². The van der Waals surface area contributed by atoms with Crippen molar-refractivity contribution in [2.45, 2.75) is 26.5 Å². The predicted octanol–water partition coefficient (Wildman–Crippen LogP) is 6.11. The average Bonchev–Trinajstić information content (AvgIpc) is 2.95. The molecule has 0 fully saturated rings. The van der Waals surface area contributed by atoms with E-state index in [0.29, 0.717) is 49.1 Å². The summed E-state index contributed by atoms with van der Waals surface area (Å²) in [5, 5.41) is 11.6. The van der Waals surface area contributed by atoms with Crippen LogP contribution in [0.2, 0.25) is 15.1 Å². The van der Waals surface area contributed by atoms with Gasteiger partial charge in [-0.15, -0.1) is 0 Å². The van der Waals surface area contributed by atoms with Crippen molar-refractivity contribution in [3.8, 4) is 11.5 Å². The molecule has 3 N–H and O–H groups in total. The third-order valence-corrected chi connectivity index (χ3v) is 7.01. The fraction of sp³-hybridized carbons (Fsp3) is 0.200. The normalized spacial score (nSPS) is 14.6. The van der Waals surface area contributed by atoms with Crippen LogP contribution in [0.25, 0.3) is 0 Å². The van der Waals surface area contributed by atoms with Crippen molar-refractivity contribution in [2.24, 2.45) is 5.10 Å². The molecule has 0 saturated carbocycles. The summed E-state index contributed by atoms with van der Waals surface area (Å²) in [4.78, 5) is 25.4. The summed E-state index contributed by atoms with van der Waals surface area (Å²) in [7, 11) is 0. The summed E-state index contributed by atoms with van der Waals surface area (Å²) in [6, 6.07) is 16.7. The van der Waals surface area contributed by atoms with Crippen LogP contribution in [0.5, 0.6) is 11.5 Å². The first-order chi connectivity index (χ1) is 20.7. The van der Waals surface area contributed by atoms with Gasteiger partial charge in [-0.05, 0) is 62.0 Å². The van der Waals surface area contributed by atoms with E-state index >= 15 is 0 Å². The number of amides is 1. The number of nitrogens with one attached hydrogen (secondary N) is 3. The highest BCUT2D eigenvalue weighted by Gasteiger charge is 2.32. The number of thiocarbonyl (C=S) groups is 1. The minimum absolute atomic E-state index is 0.200. The molecule has 13 heteroatoms. The third-order valence-electron chi connectivity index (χ3n) is 6.06. The molecular formula is C30H27Cl3N4O5S. The second-order valence-electron chi connectivity index (χ2n) is 9.13. The Morgan fingerprint density at radius 3 is 2.60 bits per heavy atom. The van der Waals surface area contributed by atoms with Gasteiger partial charge < -0.3 is 24.8 Å². The number of ether oxygens (including phenoxy) is 3. The molecule has 0 saturated heterocycles. The molecule has 0 bridgehead atoms. The van der Waals surface area contributed by atoms with E-state index in [-0.39, 0.29) is 24.8 Å². The number of halogens is 3. The lowest BCUT2D eigenvalue weighted by Gasteiger charge is -2.30. The van der Waals surface area contributed by atoms with Crippen LogP contribution in [-0.4, -0.2) is 36.4 Å². The molecule has 0 unspecified atom stereocenters. The lowest BCUT2D eigenvalue weighted by Crippen LogP contribution is -2.45. The number of hydrogen-bond acceptors (Lipinski definition) is 7. The Hall–Kier alpha value is -3.83. The average molecular weight is 662 g/mol. The van der Waals surface area contributed by atoms with Crippen LogP contribution in [0.1, 0.15) is 36.6 Å². The zero-order valence-electron chi connectivity index (χ0n) is 23.1. The van der Waals surface area contributed by atoms with E-state index in [1.807, 2.05) is 12.1 Å². The Morgan fingerprint density at radius 2 is 1.84 bits per heavy atom. The van der Waals surface area contributed by atoms with Gasteiger partial charge in [0.05, 0.1) is 29.5 Å². The number of hydrazone groups is 1. The van der Waals surface area contributed by atoms with Gasteiger partial charge in [0.2, 0.25) is 0 Å². The maximum atomic E-state index is 12.7. The Balaban J connectivity index is 1.44. The maximum absolute atomic E-state index is 12.7. The first-order valence-electron chi connectivity index (χ1n) is 13.0. The third kappa shape index (κ3) is 8.61. The van der Waals surface area contributed by atoms with E-state index in [9.17, 15) is 9.59 Å². The van der Waals surface area contributed by atoms with Gasteiger partial charge in [0.1, 0.15) is 18.1 Å². The van der Waals surface area contributed by atoms with Gasteiger partial charge in [-0.25, -0.2) is 10.2 Å². The van der Waals surface area contributed by atoms with Crippen LogP contribution in [0.4, 0.5) is 0 Å². The number of esters is 1. The topological polar surface area (TPSA) is 110 Å². The van der Waals surface area contributed by atoms with Crippen molar-refractivity contribution in [1.29, 1.82) is 0 Å². The molecule has 0 spiro atoms. The lowest BCUT2D eigenvalue weighted by atomic mass is 9.95. The van der Waals surface area contributed by atoms with E-state index in [2.05, 4.69) is 21.2 Å². The van der Waals surface area contributed by atoms with Gasteiger partial charge in [-0.3, -0.25) is 4.79 Å². The molecule has 0 aromatic heterocycles. The summed E-state index contributed by atoms with van der Waals surface area (Å²) in [6.45, 7) is 3.51. The molecule has 3 aromatic rings. The lowest BCUT2D eigenvalue weighted by molar-refractivity contribution is -0.139. The molecular weight excluding hydrogens is 635 g/mol. The molecule has 1 atom stereocenters. The first-order valence-corrected chi connectivity index (χ1v) is 14.6. The van der Waals surface area contributed by atoms with E-state index in [0.717, 1.165) is 5.56 Å². The van der Waals surface area contributed by atoms with E-state index in [1.165, 1.54) is 6.21 Å². The number of hydrogen-bond donors (Lipinski definition) is 3. The summed E-state index contributed by atoms with van der Waals surface area (Å²) in [5.74, 6) is -0.322. The van der Waals surface area contributed by atoms with Gasteiger partial charge in [0.25, 0.3) is 5.91 Å². The van der Waals surface area contributed by atoms with Crippen LogP contribution in [0.15, 0.2) is 77.0 Å². The number of nitrogens with zero attached hydrogens (tertiary/aromatic N) is 1. The molecule has 1 heterocycles.